The van der Waals surface area contributed by atoms with Crippen LogP contribution >= 0.6 is 12.4 Å². The van der Waals surface area contributed by atoms with Crippen LogP contribution < -0.4 is 14.8 Å². The summed E-state index contributed by atoms with van der Waals surface area (Å²) in [7, 11) is -1.89. The molecule has 0 amide bonds. The van der Waals surface area contributed by atoms with E-state index in [2.05, 4.69) is 10.0 Å². The van der Waals surface area contributed by atoms with Gasteiger partial charge in [0.1, 0.15) is 5.75 Å². The van der Waals surface area contributed by atoms with Crippen molar-refractivity contribution in [1.29, 1.82) is 0 Å². The highest BCUT2D eigenvalue weighted by molar-refractivity contribution is 7.89. The van der Waals surface area contributed by atoms with E-state index in [9.17, 15) is 8.42 Å². The lowest BCUT2D eigenvalue weighted by molar-refractivity contribution is 0.411. The molecule has 1 aliphatic heterocycles. The first-order chi connectivity index (χ1) is 9.44. The Balaban J connectivity index is 0.00000220. The van der Waals surface area contributed by atoms with Crippen LogP contribution in [0.2, 0.25) is 0 Å². The Morgan fingerprint density at radius 1 is 1.33 bits per heavy atom. The Morgan fingerprint density at radius 3 is 2.62 bits per heavy atom. The van der Waals surface area contributed by atoms with Crippen molar-refractivity contribution < 1.29 is 13.2 Å². The first-order valence-electron chi connectivity index (χ1n) is 6.82. The fourth-order valence-corrected chi connectivity index (χ4v) is 3.88. The van der Waals surface area contributed by atoms with Crippen molar-refractivity contribution in [3.05, 3.63) is 23.3 Å². The Morgan fingerprint density at radius 2 is 2.05 bits per heavy atom. The molecule has 0 saturated carbocycles. The van der Waals surface area contributed by atoms with Crippen LogP contribution in [0.3, 0.4) is 0 Å². The van der Waals surface area contributed by atoms with E-state index < -0.39 is 10.0 Å². The Labute approximate surface area is 132 Å². The summed E-state index contributed by atoms with van der Waals surface area (Å²) in [5.74, 6) is 0.707. The van der Waals surface area contributed by atoms with Crippen LogP contribution in [0.4, 0.5) is 0 Å². The minimum absolute atomic E-state index is 0. The Kier molecular flexibility index (Phi) is 6.46. The molecule has 1 unspecified atom stereocenters. The van der Waals surface area contributed by atoms with E-state index in [1.165, 1.54) is 0 Å². The van der Waals surface area contributed by atoms with Gasteiger partial charge in [-0.3, -0.25) is 0 Å². The molecule has 7 heteroatoms. The molecule has 2 rings (SSSR count). The predicted octanol–water partition coefficient (Wildman–Crippen LogP) is 1.76. The SMILES string of the molecule is COc1cc(C)c(S(=O)(=O)NCC2CCCN2)cc1C.Cl. The van der Waals surface area contributed by atoms with E-state index in [0.29, 0.717) is 22.8 Å². The van der Waals surface area contributed by atoms with Gasteiger partial charge in [-0.2, -0.15) is 0 Å². The molecule has 0 radical (unpaired) electrons. The summed E-state index contributed by atoms with van der Waals surface area (Å²) in [5, 5.41) is 3.28. The second kappa shape index (κ2) is 7.45. The van der Waals surface area contributed by atoms with Crippen LogP contribution in [0.25, 0.3) is 0 Å². The second-order valence-corrected chi connectivity index (χ2v) is 6.97. The van der Waals surface area contributed by atoms with Gasteiger partial charge in [0.25, 0.3) is 0 Å². The molecule has 1 aromatic rings. The van der Waals surface area contributed by atoms with Crippen LogP contribution in [0, 0.1) is 13.8 Å². The summed E-state index contributed by atoms with van der Waals surface area (Å²) < 4.78 is 32.7. The molecular weight excluding hydrogens is 312 g/mol. The number of nitrogens with one attached hydrogen (secondary N) is 2. The van der Waals surface area contributed by atoms with E-state index in [-0.39, 0.29) is 18.4 Å². The van der Waals surface area contributed by atoms with Crippen LogP contribution in [0.15, 0.2) is 17.0 Å². The normalized spacial score (nSPS) is 18.3. The molecule has 1 fully saturated rings. The first-order valence-corrected chi connectivity index (χ1v) is 8.30. The second-order valence-electron chi connectivity index (χ2n) is 5.23. The Bertz CT molecular complexity index is 584. The summed E-state index contributed by atoms with van der Waals surface area (Å²) in [5.41, 5.74) is 1.51. The third-order valence-corrected chi connectivity index (χ3v) is 5.23. The third-order valence-electron chi connectivity index (χ3n) is 3.66. The maximum atomic E-state index is 12.4. The molecule has 0 aliphatic carbocycles. The number of halogens is 1. The molecule has 21 heavy (non-hydrogen) atoms. The summed E-state index contributed by atoms with van der Waals surface area (Å²) >= 11 is 0. The fraction of sp³-hybridized carbons (Fsp3) is 0.571. The van der Waals surface area contributed by atoms with Gasteiger partial charge in [-0.25, -0.2) is 13.1 Å². The van der Waals surface area contributed by atoms with Gasteiger partial charge in [0.2, 0.25) is 10.0 Å². The fourth-order valence-electron chi connectivity index (χ4n) is 2.49. The lowest BCUT2D eigenvalue weighted by Crippen LogP contribution is -2.37. The molecule has 2 N–H and O–H groups in total. The number of sulfonamides is 1. The van der Waals surface area contributed by atoms with Crippen molar-refractivity contribution in [1.82, 2.24) is 10.0 Å². The summed E-state index contributed by atoms with van der Waals surface area (Å²) in [4.78, 5) is 0.328. The van der Waals surface area contributed by atoms with Gasteiger partial charge in [0.05, 0.1) is 12.0 Å². The molecule has 1 saturated heterocycles. The summed E-state index contributed by atoms with van der Waals surface area (Å²) in [6.45, 7) is 5.03. The molecule has 0 bridgehead atoms. The molecule has 0 spiro atoms. The molecule has 1 heterocycles. The minimum Gasteiger partial charge on any atom is -0.496 e. The minimum atomic E-state index is -3.47. The van der Waals surface area contributed by atoms with E-state index in [0.717, 1.165) is 24.9 Å². The van der Waals surface area contributed by atoms with Gasteiger partial charge in [0.15, 0.2) is 0 Å². The van der Waals surface area contributed by atoms with E-state index in [4.69, 9.17) is 4.74 Å². The van der Waals surface area contributed by atoms with Gasteiger partial charge in [-0.15, -0.1) is 12.4 Å². The molecule has 1 aliphatic rings. The Hall–Kier alpha value is -0.820. The zero-order valence-corrected chi connectivity index (χ0v) is 14.2. The average molecular weight is 335 g/mol. The van der Waals surface area contributed by atoms with Crippen LogP contribution in [-0.2, 0) is 10.0 Å². The number of hydrogen-bond acceptors (Lipinski definition) is 4. The predicted molar refractivity (Wildman–Crippen MR) is 85.9 cm³/mol. The van der Waals surface area contributed by atoms with Crippen LogP contribution in [-0.4, -0.2) is 34.7 Å². The molecule has 1 aromatic carbocycles. The molecule has 120 valence electrons. The molecule has 5 nitrogen and oxygen atoms in total. The van der Waals surface area contributed by atoms with Crippen LogP contribution in [0.1, 0.15) is 24.0 Å². The van der Waals surface area contributed by atoms with Crippen molar-refractivity contribution >= 4 is 22.4 Å². The zero-order valence-electron chi connectivity index (χ0n) is 12.6. The summed E-state index contributed by atoms with van der Waals surface area (Å²) in [6, 6.07) is 3.67. The van der Waals surface area contributed by atoms with Gasteiger partial charge >= 0.3 is 0 Å². The topological polar surface area (TPSA) is 67.4 Å². The highest BCUT2D eigenvalue weighted by Crippen LogP contribution is 2.25. The number of methoxy groups -OCH3 is 1. The number of aryl methyl sites for hydroxylation is 2. The molecule has 0 aromatic heterocycles. The van der Waals surface area contributed by atoms with E-state index in [1.807, 2.05) is 6.92 Å². The van der Waals surface area contributed by atoms with Crippen molar-refractivity contribution in [2.24, 2.45) is 0 Å². The van der Waals surface area contributed by atoms with Crippen molar-refractivity contribution in [2.45, 2.75) is 37.6 Å². The zero-order chi connectivity index (χ0) is 14.8. The molecule has 1 atom stereocenters. The van der Waals surface area contributed by atoms with Gasteiger partial charge in [-0.1, -0.05) is 0 Å². The average Bonchev–Trinajstić information content (AvgIpc) is 2.92. The largest absolute Gasteiger partial charge is 0.496 e. The highest BCUT2D eigenvalue weighted by atomic mass is 35.5. The maximum Gasteiger partial charge on any atom is 0.240 e. The number of rotatable bonds is 5. The number of benzene rings is 1. The van der Waals surface area contributed by atoms with Crippen LogP contribution in [0.5, 0.6) is 5.75 Å². The maximum absolute atomic E-state index is 12.4. The number of hydrogen-bond donors (Lipinski definition) is 2. The standard InChI is InChI=1S/C14H22N2O3S.ClH/c1-10-8-14(11(2)7-13(10)19-3)20(17,18)16-9-12-5-4-6-15-12;/h7-8,12,15-16H,4-6,9H2,1-3H3;1H. The lowest BCUT2D eigenvalue weighted by atomic mass is 10.1. The van der Waals surface area contributed by atoms with Gasteiger partial charge < -0.3 is 10.1 Å². The van der Waals surface area contributed by atoms with Crippen molar-refractivity contribution in [3.8, 4) is 5.75 Å². The monoisotopic (exact) mass is 334 g/mol. The van der Waals surface area contributed by atoms with Crippen molar-refractivity contribution in [2.75, 3.05) is 20.2 Å². The van der Waals surface area contributed by atoms with E-state index in [1.54, 1.807) is 26.2 Å². The first kappa shape index (κ1) is 18.2. The molecular formula is C14H23ClN2O3S. The van der Waals surface area contributed by atoms with E-state index >= 15 is 0 Å². The highest BCUT2D eigenvalue weighted by Gasteiger charge is 2.21. The van der Waals surface area contributed by atoms with Gasteiger partial charge in [0, 0.05) is 12.6 Å². The van der Waals surface area contributed by atoms with Gasteiger partial charge in [-0.05, 0) is 56.5 Å². The third kappa shape index (κ3) is 4.32. The van der Waals surface area contributed by atoms with Crippen molar-refractivity contribution in [3.63, 3.8) is 0 Å². The summed E-state index contributed by atoms with van der Waals surface area (Å²) in [6.07, 6.45) is 2.12. The number of ether oxygens (including phenoxy) is 1. The smallest absolute Gasteiger partial charge is 0.240 e. The lowest BCUT2D eigenvalue weighted by Gasteiger charge is -2.15. The quantitative estimate of drug-likeness (QED) is 0.861.